The Balaban J connectivity index is 2.21. The van der Waals surface area contributed by atoms with Crippen LogP contribution in [0, 0.1) is 12.7 Å². The molecule has 1 aromatic heterocycles. The monoisotopic (exact) mass is 260 g/mol. The van der Waals surface area contributed by atoms with Crippen molar-refractivity contribution >= 4 is 11.5 Å². The fourth-order valence-electron chi connectivity index (χ4n) is 1.89. The van der Waals surface area contributed by atoms with Gasteiger partial charge in [-0.15, -0.1) is 0 Å². The Morgan fingerprint density at radius 1 is 1.26 bits per heavy atom. The highest BCUT2D eigenvalue weighted by Gasteiger charge is 2.09. The summed E-state index contributed by atoms with van der Waals surface area (Å²) in [6.07, 6.45) is 0. The number of hydrogen-bond acceptors (Lipinski definition) is 4. The van der Waals surface area contributed by atoms with E-state index in [1.54, 1.807) is 17.0 Å². The summed E-state index contributed by atoms with van der Waals surface area (Å²) in [6.45, 7) is 2.37. The number of aromatic nitrogens is 2. The Labute approximate surface area is 112 Å². The maximum atomic E-state index is 13.7. The molecule has 0 radical (unpaired) electrons. The Hall–Kier alpha value is -2.17. The summed E-state index contributed by atoms with van der Waals surface area (Å²) in [5.41, 5.74) is 1.43. The average Bonchev–Trinajstić information content (AvgIpc) is 2.38. The summed E-state index contributed by atoms with van der Waals surface area (Å²) < 4.78 is 13.7. The first-order valence-electron chi connectivity index (χ1n) is 6.08. The van der Waals surface area contributed by atoms with Crippen LogP contribution in [0.15, 0.2) is 30.3 Å². The van der Waals surface area contributed by atoms with Gasteiger partial charge in [-0.25, -0.2) is 14.4 Å². The zero-order chi connectivity index (χ0) is 13.8. The van der Waals surface area contributed by atoms with Crippen LogP contribution in [0.4, 0.5) is 15.9 Å². The number of nitrogens with one attached hydrogen (secondary N) is 1. The lowest BCUT2D eigenvalue weighted by Crippen LogP contribution is -2.20. The molecule has 0 spiro atoms. The molecular weight excluding hydrogens is 243 g/mol. The first kappa shape index (κ1) is 13.3. The van der Waals surface area contributed by atoms with Crippen LogP contribution in [0.1, 0.15) is 11.5 Å². The van der Waals surface area contributed by atoms with Crippen LogP contribution in [0.25, 0.3) is 0 Å². The highest BCUT2D eigenvalue weighted by molar-refractivity contribution is 5.47. The molecule has 0 unspecified atom stereocenters. The van der Waals surface area contributed by atoms with E-state index in [2.05, 4.69) is 15.3 Å². The molecule has 1 N–H and O–H groups in total. The molecule has 1 heterocycles. The summed E-state index contributed by atoms with van der Waals surface area (Å²) in [4.78, 5) is 10.5. The molecule has 5 heteroatoms. The second-order valence-corrected chi connectivity index (χ2v) is 4.37. The van der Waals surface area contributed by atoms with Gasteiger partial charge < -0.3 is 10.2 Å². The maximum Gasteiger partial charge on any atom is 0.150 e. The molecule has 19 heavy (non-hydrogen) atoms. The van der Waals surface area contributed by atoms with E-state index in [0.717, 1.165) is 11.5 Å². The standard InChI is InChI=1S/C14H17FN4/c1-10-8-13(16-2)18-14(17-10)9-19(3)12-7-5-4-6-11(12)15/h4-8H,9H2,1-3H3,(H,16,17,18). The van der Waals surface area contributed by atoms with Crippen molar-refractivity contribution < 1.29 is 4.39 Å². The Bertz CT molecular complexity index is 571. The molecule has 0 saturated heterocycles. The molecule has 2 rings (SSSR count). The summed E-state index contributed by atoms with van der Waals surface area (Å²) >= 11 is 0. The van der Waals surface area contributed by atoms with Crippen LogP contribution in [0.2, 0.25) is 0 Å². The number of nitrogens with zero attached hydrogens (tertiary/aromatic N) is 3. The second-order valence-electron chi connectivity index (χ2n) is 4.37. The largest absolute Gasteiger partial charge is 0.373 e. The van der Waals surface area contributed by atoms with Gasteiger partial charge >= 0.3 is 0 Å². The lowest BCUT2D eigenvalue weighted by molar-refractivity contribution is 0.621. The zero-order valence-electron chi connectivity index (χ0n) is 11.3. The van der Waals surface area contributed by atoms with E-state index < -0.39 is 0 Å². The summed E-state index contributed by atoms with van der Waals surface area (Å²) in [5.74, 6) is 1.19. The van der Waals surface area contributed by atoms with Crippen LogP contribution in [0.5, 0.6) is 0 Å². The van der Waals surface area contributed by atoms with Crippen molar-refractivity contribution in [3.8, 4) is 0 Å². The van der Waals surface area contributed by atoms with Gasteiger partial charge in [0.2, 0.25) is 0 Å². The molecule has 0 aliphatic heterocycles. The van der Waals surface area contributed by atoms with Gasteiger partial charge in [-0.3, -0.25) is 0 Å². The third-order valence-corrected chi connectivity index (χ3v) is 2.80. The average molecular weight is 260 g/mol. The lowest BCUT2D eigenvalue weighted by atomic mass is 10.3. The highest BCUT2D eigenvalue weighted by atomic mass is 19.1. The second kappa shape index (κ2) is 5.65. The van der Waals surface area contributed by atoms with E-state index in [1.165, 1.54) is 6.07 Å². The van der Waals surface area contributed by atoms with E-state index in [4.69, 9.17) is 0 Å². The van der Waals surface area contributed by atoms with Gasteiger partial charge in [0.25, 0.3) is 0 Å². The van der Waals surface area contributed by atoms with Crippen LogP contribution in [0.3, 0.4) is 0 Å². The smallest absolute Gasteiger partial charge is 0.150 e. The van der Waals surface area contributed by atoms with Gasteiger partial charge in [-0.2, -0.15) is 0 Å². The van der Waals surface area contributed by atoms with Crippen molar-refractivity contribution in [2.75, 3.05) is 24.3 Å². The first-order chi connectivity index (χ1) is 9.10. The van der Waals surface area contributed by atoms with Crippen molar-refractivity contribution in [2.45, 2.75) is 13.5 Å². The van der Waals surface area contributed by atoms with Crippen LogP contribution >= 0.6 is 0 Å². The topological polar surface area (TPSA) is 41.1 Å². The number of halogens is 1. The molecule has 0 fully saturated rings. The highest BCUT2D eigenvalue weighted by Crippen LogP contribution is 2.18. The quantitative estimate of drug-likeness (QED) is 0.917. The molecule has 0 amide bonds. The van der Waals surface area contributed by atoms with E-state index >= 15 is 0 Å². The summed E-state index contributed by atoms with van der Waals surface area (Å²) in [7, 11) is 3.63. The minimum Gasteiger partial charge on any atom is -0.373 e. The first-order valence-corrected chi connectivity index (χ1v) is 6.08. The van der Waals surface area contributed by atoms with Crippen LogP contribution in [-0.2, 0) is 6.54 Å². The van der Waals surface area contributed by atoms with E-state index in [-0.39, 0.29) is 5.82 Å². The molecule has 0 aliphatic carbocycles. The van der Waals surface area contributed by atoms with E-state index in [1.807, 2.05) is 33.2 Å². The molecule has 100 valence electrons. The third-order valence-electron chi connectivity index (χ3n) is 2.80. The van der Waals surface area contributed by atoms with Crippen LogP contribution in [-0.4, -0.2) is 24.1 Å². The number of hydrogen-bond donors (Lipinski definition) is 1. The fourth-order valence-corrected chi connectivity index (χ4v) is 1.89. The predicted molar refractivity (Wildman–Crippen MR) is 74.8 cm³/mol. The number of para-hydroxylation sites is 1. The third kappa shape index (κ3) is 3.19. The molecule has 0 bridgehead atoms. The number of anilines is 2. The van der Waals surface area contributed by atoms with Gasteiger partial charge in [-0.1, -0.05) is 12.1 Å². The minimum atomic E-state index is -0.244. The molecule has 2 aromatic rings. The van der Waals surface area contributed by atoms with Gasteiger partial charge in [0.1, 0.15) is 17.5 Å². The Morgan fingerprint density at radius 2 is 2.00 bits per heavy atom. The van der Waals surface area contributed by atoms with Crippen molar-refractivity contribution in [3.63, 3.8) is 0 Å². The molecule has 1 aromatic carbocycles. The lowest BCUT2D eigenvalue weighted by Gasteiger charge is -2.19. The molecular formula is C14H17FN4. The molecule has 0 aliphatic rings. The number of aryl methyl sites for hydroxylation is 1. The van der Waals surface area contributed by atoms with E-state index in [9.17, 15) is 4.39 Å². The van der Waals surface area contributed by atoms with Crippen molar-refractivity contribution in [1.82, 2.24) is 9.97 Å². The number of rotatable bonds is 4. The number of benzene rings is 1. The SMILES string of the molecule is CNc1cc(C)nc(CN(C)c2ccccc2F)n1. The van der Waals surface area contributed by atoms with Crippen molar-refractivity contribution in [1.29, 1.82) is 0 Å². The van der Waals surface area contributed by atoms with Crippen molar-refractivity contribution in [2.24, 2.45) is 0 Å². The summed E-state index contributed by atoms with van der Waals surface area (Å²) in [5, 5.41) is 2.99. The summed E-state index contributed by atoms with van der Waals surface area (Å²) in [6, 6.07) is 8.54. The molecule has 0 saturated carbocycles. The molecule has 4 nitrogen and oxygen atoms in total. The van der Waals surface area contributed by atoms with Gasteiger partial charge in [0.05, 0.1) is 12.2 Å². The van der Waals surface area contributed by atoms with Gasteiger partial charge in [0.15, 0.2) is 0 Å². The predicted octanol–water partition coefficient (Wildman–Crippen LogP) is 2.60. The van der Waals surface area contributed by atoms with Crippen molar-refractivity contribution in [3.05, 3.63) is 47.7 Å². The zero-order valence-corrected chi connectivity index (χ0v) is 11.3. The normalized spacial score (nSPS) is 10.3. The van der Waals surface area contributed by atoms with Gasteiger partial charge in [0, 0.05) is 25.9 Å². The fraction of sp³-hybridized carbons (Fsp3) is 0.286. The van der Waals surface area contributed by atoms with E-state index in [0.29, 0.717) is 18.1 Å². The Kier molecular flexibility index (Phi) is 3.94. The van der Waals surface area contributed by atoms with Crippen LogP contribution < -0.4 is 10.2 Å². The maximum absolute atomic E-state index is 13.7. The Morgan fingerprint density at radius 3 is 2.68 bits per heavy atom. The van der Waals surface area contributed by atoms with Gasteiger partial charge in [-0.05, 0) is 19.1 Å². The molecule has 0 atom stereocenters. The minimum absolute atomic E-state index is 0.244.